The highest BCUT2D eigenvalue weighted by molar-refractivity contribution is 6.30. The molecule has 6 rings (SSSR count). The van der Waals surface area contributed by atoms with E-state index in [0.717, 1.165) is 17.1 Å². The predicted molar refractivity (Wildman–Crippen MR) is 126 cm³/mol. The molecule has 0 radical (unpaired) electrons. The topological polar surface area (TPSA) is 94.9 Å². The molecule has 1 N–H and O–H groups in total. The number of hydrogen-bond donors (Lipinski definition) is 1. The van der Waals surface area contributed by atoms with Gasteiger partial charge in [-0.3, -0.25) is 4.79 Å². The predicted octanol–water partition coefficient (Wildman–Crippen LogP) is 4.01. The van der Waals surface area contributed by atoms with Crippen molar-refractivity contribution in [2.24, 2.45) is 0 Å². The van der Waals surface area contributed by atoms with Gasteiger partial charge >= 0.3 is 5.56 Å². The third-order valence-corrected chi connectivity index (χ3v) is 5.41. The molecule has 160 valence electrons. The van der Waals surface area contributed by atoms with Crippen LogP contribution in [0.3, 0.4) is 0 Å². The van der Waals surface area contributed by atoms with Crippen LogP contribution in [0, 0.1) is 0 Å². The van der Waals surface area contributed by atoms with Gasteiger partial charge in [-0.25, -0.2) is 4.57 Å². The van der Waals surface area contributed by atoms with Crippen molar-refractivity contribution in [3.05, 3.63) is 100 Å². The van der Waals surface area contributed by atoms with Crippen LogP contribution in [-0.2, 0) is 0 Å². The Morgan fingerprint density at radius 1 is 0.818 bits per heavy atom. The number of nitrogens with one attached hydrogen (secondary N) is 1. The van der Waals surface area contributed by atoms with Gasteiger partial charge in [-0.05, 0) is 48.5 Å². The number of benzene rings is 3. The molecule has 0 aliphatic heterocycles. The Kier molecular flexibility index (Phi) is 4.41. The van der Waals surface area contributed by atoms with E-state index in [1.807, 2.05) is 72.8 Å². The molecule has 0 saturated carbocycles. The molecular weight excluding hydrogens is 440 g/mol. The van der Waals surface area contributed by atoms with Crippen LogP contribution in [-0.4, -0.2) is 34.2 Å². The van der Waals surface area contributed by atoms with E-state index >= 15 is 0 Å². The maximum Gasteiger partial charge on any atom is 0.306 e. The lowest BCUT2D eigenvalue weighted by atomic mass is 10.3. The summed E-state index contributed by atoms with van der Waals surface area (Å²) in [4.78, 5) is 18.1. The molecule has 3 aromatic carbocycles. The lowest BCUT2D eigenvalue weighted by molar-refractivity contribution is 0.817. The fourth-order valence-corrected chi connectivity index (χ4v) is 3.75. The molecule has 10 heteroatoms. The van der Waals surface area contributed by atoms with Crippen LogP contribution in [0.4, 0.5) is 11.6 Å². The third kappa shape index (κ3) is 3.22. The Balaban J connectivity index is 1.65. The minimum Gasteiger partial charge on any atom is -0.324 e. The summed E-state index contributed by atoms with van der Waals surface area (Å²) in [5.41, 5.74) is 2.35. The summed E-state index contributed by atoms with van der Waals surface area (Å²) >= 11 is 6.11. The Hall–Kier alpha value is -4.50. The second kappa shape index (κ2) is 7.57. The smallest absolute Gasteiger partial charge is 0.306 e. The van der Waals surface area contributed by atoms with Gasteiger partial charge in [-0.15, -0.1) is 10.2 Å². The first-order valence-electron chi connectivity index (χ1n) is 10.1. The molecule has 9 nitrogen and oxygen atoms in total. The van der Waals surface area contributed by atoms with Crippen molar-refractivity contribution in [1.82, 2.24) is 34.2 Å². The van der Waals surface area contributed by atoms with Crippen molar-refractivity contribution in [3.8, 4) is 11.4 Å². The van der Waals surface area contributed by atoms with Gasteiger partial charge in [-0.2, -0.15) is 14.2 Å². The Morgan fingerprint density at radius 3 is 2.24 bits per heavy atom. The van der Waals surface area contributed by atoms with Gasteiger partial charge in [-0.1, -0.05) is 53.2 Å². The number of hydrogen-bond acceptors (Lipinski definition) is 6. The molecular formula is C23H15ClN8O. The summed E-state index contributed by atoms with van der Waals surface area (Å²) in [6.07, 6.45) is 0. The van der Waals surface area contributed by atoms with Gasteiger partial charge in [0.25, 0.3) is 0 Å². The van der Waals surface area contributed by atoms with Crippen molar-refractivity contribution < 1.29 is 0 Å². The molecule has 0 unspecified atom stereocenters. The summed E-state index contributed by atoms with van der Waals surface area (Å²) in [5.74, 6) is 0.729. The summed E-state index contributed by atoms with van der Waals surface area (Å²) < 4.78 is 4.53. The fourth-order valence-electron chi connectivity index (χ4n) is 3.62. The zero-order valence-corrected chi connectivity index (χ0v) is 17.8. The van der Waals surface area contributed by atoms with Gasteiger partial charge in [0.1, 0.15) is 0 Å². The van der Waals surface area contributed by atoms with Gasteiger partial charge in [0.2, 0.25) is 11.7 Å². The summed E-state index contributed by atoms with van der Waals surface area (Å²) in [6.45, 7) is 0. The number of fused-ring (bicyclic) bond motifs is 2. The summed E-state index contributed by atoms with van der Waals surface area (Å²) in [6, 6.07) is 26.2. The molecule has 0 aliphatic rings. The van der Waals surface area contributed by atoms with Crippen LogP contribution >= 0.6 is 11.6 Å². The standard InChI is InChI=1S/C23H15ClN8O/c24-15-11-13-17(14-12-15)30-22(25-16-7-3-1-4-8-16)28-32-21(33)19-20(26-23(30)32)31(29-27-19)18-9-5-2-6-10-18/h1-14H,(H,25,28). The normalized spacial score (nSPS) is 11.3. The molecule has 6 aromatic rings. The zero-order chi connectivity index (χ0) is 22.4. The molecule has 0 bridgehead atoms. The molecule has 0 atom stereocenters. The van der Waals surface area contributed by atoms with Crippen molar-refractivity contribution in [2.45, 2.75) is 0 Å². The lowest BCUT2D eigenvalue weighted by Gasteiger charge is -2.09. The number of para-hydroxylation sites is 2. The number of aromatic nitrogens is 7. The molecule has 33 heavy (non-hydrogen) atoms. The number of nitrogens with zero attached hydrogens (tertiary/aromatic N) is 7. The zero-order valence-electron chi connectivity index (χ0n) is 17.0. The van der Waals surface area contributed by atoms with Crippen LogP contribution in [0.1, 0.15) is 0 Å². The number of rotatable bonds is 4. The van der Waals surface area contributed by atoms with Crippen molar-refractivity contribution in [3.63, 3.8) is 0 Å². The maximum absolute atomic E-state index is 13.3. The number of halogens is 1. The molecule has 3 aromatic heterocycles. The second-order valence-electron chi connectivity index (χ2n) is 7.26. The summed E-state index contributed by atoms with van der Waals surface area (Å²) in [5, 5.41) is 16.6. The Bertz CT molecular complexity index is 1650. The van der Waals surface area contributed by atoms with Crippen LogP contribution < -0.4 is 10.9 Å². The van der Waals surface area contributed by atoms with E-state index in [1.54, 1.807) is 21.4 Å². The van der Waals surface area contributed by atoms with E-state index in [9.17, 15) is 4.79 Å². The first kappa shape index (κ1) is 19.2. The van der Waals surface area contributed by atoms with E-state index < -0.39 is 5.56 Å². The monoisotopic (exact) mass is 454 g/mol. The highest BCUT2D eigenvalue weighted by Gasteiger charge is 2.21. The van der Waals surface area contributed by atoms with Crippen LogP contribution in [0.2, 0.25) is 5.02 Å². The molecule has 0 saturated heterocycles. The van der Waals surface area contributed by atoms with Gasteiger partial charge < -0.3 is 5.32 Å². The van der Waals surface area contributed by atoms with E-state index in [1.165, 1.54) is 4.52 Å². The van der Waals surface area contributed by atoms with Crippen LogP contribution in [0.5, 0.6) is 0 Å². The van der Waals surface area contributed by atoms with E-state index in [-0.39, 0.29) is 5.52 Å². The summed E-state index contributed by atoms with van der Waals surface area (Å²) in [7, 11) is 0. The quantitative estimate of drug-likeness (QED) is 0.432. The van der Waals surface area contributed by atoms with Gasteiger partial charge in [0.05, 0.1) is 11.4 Å². The first-order chi connectivity index (χ1) is 16.2. The van der Waals surface area contributed by atoms with Crippen molar-refractivity contribution >= 4 is 40.2 Å². The largest absolute Gasteiger partial charge is 0.324 e. The van der Waals surface area contributed by atoms with Crippen LogP contribution in [0.25, 0.3) is 28.3 Å². The highest BCUT2D eigenvalue weighted by Crippen LogP contribution is 2.24. The average Bonchev–Trinajstić information content (AvgIpc) is 3.43. The minimum absolute atomic E-state index is 0.128. The van der Waals surface area contributed by atoms with Crippen molar-refractivity contribution in [1.29, 1.82) is 0 Å². The SMILES string of the molecule is O=c1c2nnn(-c3ccccc3)c2nc2n(-c3ccc(Cl)cc3)c(Nc3ccccc3)nn12. The molecule has 0 fully saturated rings. The lowest BCUT2D eigenvalue weighted by Crippen LogP contribution is -2.17. The minimum atomic E-state index is -0.416. The van der Waals surface area contributed by atoms with Gasteiger partial charge in [0, 0.05) is 10.7 Å². The number of anilines is 2. The third-order valence-electron chi connectivity index (χ3n) is 5.16. The molecule has 0 spiro atoms. The first-order valence-corrected chi connectivity index (χ1v) is 10.5. The fraction of sp³-hybridized carbons (Fsp3) is 0. The van der Waals surface area contributed by atoms with E-state index in [0.29, 0.717) is 22.4 Å². The van der Waals surface area contributed by atoms with E-state index in [2.05, 4.69) is 20.7 Å². The Labute approximate surface area is 191 Å². The maximum atomic E-state index is 13.3. The van der Waals surface area contributed by atoms with E-state index in [4.69, 9.17) is 16.6 Å². The molecule has 0 aliphatic carbocycles. The van der Waals surface area contributed by atoms with Gasteiger partial charge in [0.15, 0.2) is 11.2 Å². The highest BCUT2D eigenvalue weighted by atomic mass is 35.5. The molecule has 0 amide bonds. The van der Waals surface area contributed by atoms with Crippen molar-refractivity contribution in [2.75, 3.05) is 5.32 Å². The second-order valence-corrected chi connectivity index (χ2v) is 7.70. The molecule has 3 heterocycles. The van der Waals surface area contributed by atoms with Crippen LogP contribution in [0.15, 0.2) is 89.7 Å². The average molecular weight is 455 g/mol. The Morgan fingerprint density at radius 2 is 1.52 bits per heavy atom.